The Morgan fingerprint density at radius 2 is 2.06 bits per heavy atom. The highest BCUT2D eigenvalue weighted by Crippen LogP contribution is 2.04. The second-order valence-electron chi connectivity index (χ2n) is 4.05. The summed E-state index contributed by atoms with van der Waals surface area (Å²) in [5.74, 6) is 0.755. The van der Waals surface area contributed by atoms with Crippen LogP contribution in [0.5, 0.6) is 0 Å². The Morgan fingerprint density at radius 3 is 2.65 bits per heavy atom. The van der Waals surface area contributed by atoms with E-state index in [0.29, 0.717) is 6.42 Å². The van der Waals surface area contributed by atoms with Crippen molar-refractivity contribution in [1.29, 1.82) is 0 Å². The molecule has 1 unspecified atom stereocenters. The van der Waals surface area contributed by atoms with Crippen LogP contribution in [0.3, 0.4) is 0 Å². The molecule has 0 aliphatic rings. The van der Waals surface area contributed by atoms with Crippen LogP contribution in [0, 0.1) is 5.82 Å². The smallest absolute Gasteiger partial charge is 0.224 e. The van der Waals surface area contributed by atoms with Gasteiger partial charge >= 0.3 is 0 Å². The molecule has 1 amide bonds. The quantitative estimate of drug-likeness (QED) is 0.846. The maximum Gasteiger partial charge on any atom is 0.224 e. The molecule has 1 atom stereocenters. The largest absolute Gasteiger partial charge is 0.353 e. The Morgan fingerprint density at radius 1 is 1.41 bits per heavy atom. The molecule has 0 saturated carbocycles. The summed E-state index contributed by atoms with van der Waals surface area (Å²) in [7, 11) is 0. The fraction of sp³-hybridized carbons (Fsp3) is 0.462. The predicted octanol–water partition coefficient (Wildman–Crippen LogP) is 2.63. The number of carbonyl (C=O) groups excluding carboxylic acids is 1. The van der Waals surface area contributed by atoms with Crippen LogP contribution < -0.4 is 5.32 Å². The first-order chi connectivity index (χ1) is 8.11. The molecule has 0 fully saturated rings. The van der Waals surface area contributed by atoms with E-state index in [4.69, 9.17) is 0 Å². The van der Waals surface area contributed by atoms with E-state index in [-0.39, 0.29) is 17.8 Å². The van der Waals surface area contributed by atoms with Gasteiger partial charge in [-0.1, -0.05) is 12.1 Å². The average Bonchev–Trinajstić information content (AvgIpc) is 2.29. The zero-order valence-corrected chi connectivity index (χ0v) is 11.0. The minimum atomic E-state index is -0.275. The fourth-order valence-electron chi connectivity index (χ4n) is 1.48. The van der Waals surface area contributed by atoms with Gasteiger partial charge in [0.15, 0.2) is 0 Å². The van der Waals surface area contributed by atoms with E-state index in [9.17, 15) is 9.18 Å². The molecule has 0 bridgehead atoms. The number of hydrogen-bond acceptors (Lipinski definition) is 2. The lowest BCUT2D eigenvalue weighted by Crippen LogP contribution is -2.34. The van der Waals surface area contributed by atoms with E-state index in [0.717, 1.165) is 17.7 Å². The number of benzene rings is 1. The molecule has 1 aromatic rings. The fourth-order valence-corrected chi connectivity index (χ4v) is 2.07. The number of halogens is 1. The van der Waals surface area contributed by atoms with Crippen LogP contribution in [0.4, 0.5) is 4.39 Å². The summed E-state index contributed by atoms with van der Waals surface area (Å²) >= 11 is 1.77. The third-order valence-corrected chi connectivity index (χ3v) is 3.08. The van der Waals surface area contributed by atoms with Crippen molar-refractivity contribution in [3.8, 4) is 0 Å². The molecule has 17 heavy (non-hydrogen) atoms. The highest BCUT2D eigenvalue weighted by molar-refractivity contribution is 7.98. The maximum atomic E-state index is 12.7. The number of hydrogen-bond donors (Lipinski definition) is 1. The summed E-state index contributed by atoms with van der Waals surface area (Å²) in [6.45, 7) is 2.00. The summed E-state index contributed by atoms with van der Waals surface area (Å²) in [5, 5.41) is 2.93. The molecule has 0 aromatic heterocycles. The molecule has 94 valence electrons. The molecule has 1 N–H and O–H groups in total. The molecule has 0 saturated heterocycles. The van der Waals surface area contributed by atoms with Gasteiger partial charge in [0.1, 0.15) is 5.82 Å². The highest BCUT2D eigenvalue weighted by atomic mass is 32.2. The van der Waals surface area contributed by atoms with Crippen LogP contribution >= 0.6 is 11.8 Å². The molecule has 1 rings (SSSR count). The van der Waals surface area contributed by atoms with Crippen LogP contribution in [0.25, 0.3) is 0 Å². The number of carbonyl (C=O) groups is 1. The van der Waals surface area contributed by atoms with Gasteiger partial charge in [-0.25, -0.2) is 4.39 Å². The Hall–Kier alpha value is -1.03. The molecule has 0 heterocycles. The summed E-state index contributed by atoms with van der Waals surface area (Å²) in [6, 6.07) is 6.22. The van der Waals surface area contributed by atoms with Crippen molar-refractivity contribution < 1.29 is 9.18 Å². The molecule has 4 heteroatoms. The number of rotatable bonds is 6. The van der Waals surface area contributed by atoms with Crippen LogP contribution in [-0.4, -0.2) is 24.0 Å². The monoisotopic (exact) mass is 255 g/mol. The van der Waals surface area contributed by atoms with Gasteiger partial charge in [-0.15, -0.1) is 0 Å². The summed E-state index contributed by atoms with van der Waals surface area (Å²) < 4.78 is 12.7. The lowest BCUT2D eigenvalue weighted by atomic mass is 10.1. The van der Waals surface area contributed by atoms with Crippen LogP contribution in [-0.2, 0) is 11.2 Å². The topological polar surface area (TPSA) is 29.1 Å². The number of amides is 1. The Labute approximate surface area is 106 Å². The van der Waals surface area contributed by atoms with Crippen molar-refractivity contribution in [2.75, 3.05) is 12.0 Å². The van der Waals surface area contributed by atoms with E-state index in [2.05, 4.69) is 5.32 Å². The van der Waals surface area contributed by atoms with Gasteiger partial charge in [-0.3, -0.25) is 4.79 Å². The van der Waals surface area contributed by atoms with Crippen molar-refractivity contribution >= 4 is 17.7 Å². The maximum absolute atomic E-state index is 12.7. The van der Waals surface area contributed by atoms with Crippen molar-refractivity contribution in [3.63, 3.8) is 0 Å². The van der Waals surface area contributed by atoms with Gasteiger partial charge in [-0.05, 0) is 43.0 Å². The third kappa shape index (κ3) is 5.73. The summed E-state index contributed by atoms with van der Waals surface area (Å²) in [6.07, 6.45) is 3.33. The Bertz CT molecular complexity index is 353. The van der Waals surface area contributed by atoms with Crippen LogP contribution in [0.15, 0.2) is 24.3 Å². The van der Waals surface area contributed by atoms with E-state index in [1.54, 1.807) is 23.9 Å². The lowest BCUT2D eigenvalue weighted by molar-refractivity contribution is -0.121. The zero-order valence-electron chi connectivity index (χ0n) is 10.2. The van der Waals surface area contributed by atoms with Crippen molar-refractivity contribution in [3.05, 3.63) is 35.6 Å². The first-order valence-electron chi connectivity index (χ1n) is 5.64. The number of thioether (sulfide) groups is 1. The molecule has 2 nitrogen and oxygen atoms in total. The average molecular weight is 255 g/mol. The van der Waals surface area contributed by atoms with Crippen molar-refractivity contribution in [2.24, 2.45) is 0 Å². The van der Waals surface area contributed by atoms with Gasteiger partial charge in [-0.2, -0.15) is 11.8 Å². The molecule has 0 radical (unpaired) electrons. The minimum Gasteiger partial charge on any atom is -0.353 e. The van der Waals surface area contributed by atoms with Gasteiger partial charge in [0.25, 0.3) is 0 Å². The highest BCUT2D eigenvalue weighted by Gasteiger charge is 2.07. The first kappa shape index (κ1) is 14.0. The van der Waals surface area contributed by atoms with E-state index < -0.39 is 0 Å². The minimum absolute atomic E-state index is 0.00906. The standard InChI is InChI=1S/C13H18FNOS/c1-10(7-8-17-2)15-13(16)9-11-3-5-12(14)6-4-11/h3-6,10H,7-9H2,1-2H3,(H,15,16). The second-order valence-corrected chi connectivity index (χ2v) is 5.04. The van der Waals surface area contributed by atoms with E-state index in [1.165, 1.54) is 12.1 Å². The predicted molar refractivity (Wildman–Crippen MR) is 70.7 cm³/mol. The summed E-state index contributed by atoms with van der Waals surface area (Å²) in [4.78, 5) is 11.7. The molecule has 0 aliphatic heterocycles. The Balaban J connectivity index is 2.36. The van der Waals surface area contributed by atoms with Gasteiger partial charge in [0, 0.05) is 6.04 Å². The molecule has 0 aliphatic carbocycles. The van der Waals surface area contributed by atoms with Gasteiger partial charge in [0.2, 0.25) is 5.91 Å². The van der Waals surface area contributed by atoms with Crippen molar-refractivity contribution in [1.82, 2.24) is 5.32 Å². The Kier molecular flexibility index (Phi) is 6.05. The molecule has 0 spiro atoms. The van der Waals surface area contributed by atoms with Gasteiger partial charge in [0.05, 0.1) is 6.42 Å². The molecular weight excluding hydrogens is 237 g/mol. The zero-order chi connectivity index (χ0) is 12.7. The van der Waals surface area contributed by atoms with Crippen LogP contribution in [0.2, 0.25) is 0 Å². The SMILES string of the molecule is CSCCC(C)NC(=O)Cc1ccc(F)cc1. The van der Waals surface area contributed by atoms with E-state index >= 15 is 0 Å². The normalized spacial score (nSPS) is 12.2. The first-order valence-corrected chi connectivity index (χ1v) is 7.04. The lowest BCUT2D eigenvalue weighted by Gasteiger charge is -2.13. The second kappa shape index (κ2) is 7.33. The van der Waals surface area contributed by atoms with Gasteiger partial charge < -0.3 is 5.32 Å². The molecule has 1 aromatic carbocycles. The third-order valence-electron chi connectivity index (χ3n) is 2.44. The molecular formula is C13H18FNOS. The van der Waals surface area contributed by atoms with Crippen LogP contribution in [0.1, 0.15) is 18.9 Å². The number of nitrogens with one attached hydrogen (secondary N) is 1. The van der Waals surface area contributed by atoms with Crippen molar-refractivity contribution in [2.45, 2.75) is 25.8 Å². The van der Waals surface area contributed by atoms with E-state index in [1.807, 2.05) is 13.2 Å². The summed E-state index contributed by atoms with van der Waals surface area (Å²) in [5.41, 5.74) is 0.834.